The normalized spacial score (nSPS) is 10.7. The molecule has 0 radical (unpaired) electrons. The summed E-state index contributed by atoms with van der Waals surface area (Å²) >= 11 is 5.93. The number of rotatable bonds is 4. The zero-order valence-corrected chi connectivity index (χ0v) is 11.5. The SMILES string of the molecule is Cc1cc(Cl)cc(/C=N/Oc2ccccc2C(=O)O)c1. The fourth-order valence-electron chi connectivity index (χ4n) is 1.71. The van der Waals surface area contributed by atoms with Crippen LogP contribution >= 0.6 is 11.6 Å². The number of para-hydroxylation sites is 1. The zero-order valence-electron chi connectivity index (χ0n) is 10.7. The standard InChI is InChI=1S/C15H12ClNO3/c1-10-6-11(8-12(16)7-10)9-17-20-14-5-3-2-4-13(14)15(18)19/h2-9H,1H3,(H,18,19)/b17-9+. The Morgan fingerprint density at radius 1 is 1.30 bits per heavy atom. The number of oxime groups is 1. The van der Waals surface area contributed by atoms with Crippen LogP contribution in [-0.4, -0.2) is 17.3 Å². The number of carboxylic acid groups (broad SMARTS) is 1. The van der Waals surface area contributed by atoms with Crippen molar-refractivity contribution in [2.45, 2.75) is 6.92 Å². The van der Waals surface area contributed by atoms with Gasteiger partial charge in [0.2, 0.25) is 0 Å². The van der Waals surface area contributed by atoms with Crippen molar-refractivity contribution in [3.63, 3.8) is 0 Å². The number of aryl methyl sites for hydroxylation is 1. The fraction of sp³-hybridized carbons (Fsp3) is 0.0667. The van der Waals surface area contributed by atoms with Crippen LogP contribution in [0, 0.1) is 6.92 Å². The van der Waals surface area contributed by atoms with Crippen LogP contribution in [0.3, 0.4) is 0 Å². The highest BCUT2D eigenvalue weighted by Gasteiger charge is 2.09. The topological polar surface area (TPSA) is 58.9 Å². The van der Waals surface area contributed by atoms with E-state index in [1.807, 2.05) is 19.1 Å². The molecule has 0 saturated heterocycles. The van der Waals surface area contributed by atoms with Crippen molar-refractivity contribution < 1.29 is 14.7 Å². The molecule has 0 aliphatic carbocycles. The van der Waals surface area contributed by atoms with E-state index in [1.165, 1.54) is 12.3 Å². The van der Waals surface area contributed by atoms with Crippen LogP contribution in [0.15, 0.2) is 47.6 Å². The highest BCUT2D eigenvalue weighted by molar-refractivity contribution is 6.30. The molecule has 2 rings (SSSR count). The molecule has 0 saturated carbocycles. The maximum atomic E-state index is 11.0. The van der Waals surface area contributed by atoms with Gasteiger partial charge in [0.15, 0.2) is 5.75 Å². The van der Waals surface area contributed by atoms with Crippen molar-refractivity contribution in [1.82, 2.24) is 0 Å². The third-order valence-electron chi connectivity index (χ3n) is 2.53. The van der Waals surface area contributed by atoms with Gasteiger partial charge in [-0.3, -0.25) is 0 Å². The van der Waals surface area contributed by atoms with E-state index in [2.05, 4.69) is 5.16 Å². The van der Waals surface area contributed by atoms with Gasteiger partial charge in [-0.15, -0.1) is 0 Å². The third kappa shape index (κ3) is 3.59. The Morgan fingerprint density at radius 2 is 2.05 bits per heavy atom. The van der Waals surface area contributed by atoms with Crippen molar-refractivity contribution in [1.29, 1.82) is 0 Å². The number of carbonyl (C=O) groups is 1. The summed E-state index contributed by atoms with van der Waals surface area (Å²) in [5, 5.41) is 13.4. The quantitative estimate of drug-likeness (QED) is 0.688. The lowest BCUT2D eigenvalue weighted by molar-refractivity contribution is 0.0692. The average Bonchev–Trinajstić information content (AvgIpc) is 2.38. The Labute approximate surface area is 121 Å². The summed E-state index contributed by atoms with van der Waals surface area (Å²) in [6.45, 7) is 1.92. The van der Waals surface area contributed by atoms with Gasteiger partial charge >= 0.3 is 5.97 Å². The minimum Gasteiger partial charge on any atom is -0.478 e. The molecule has 0 aliphatic rings. The first-order chi connectivity index (χ1) is 9.56. The molecule has 0 unspecified atom stereocenters. The summed E-state index contributed by atoms with van der Waals surface area (Å²) in [6.07, 6.45) is 1.48. The molecule has 4 nitrogen and oxygen atoms in total. The minimum absolute atomic E-state index is 0.0620. The van der Waals surface area contributed by atoms with Gasteiger partial charge in [0, 0.05) is 5.02 Å². The van der Waals surface area contributed by atoms with Crippen molar-refractivity contribution in [2.24, 2.45) is 5.16 Å². The van der Waals surface area contributed by atoms with Gasteiger partial charge in [-0.25, -0.2) is 4.79 Å². The second-order valence-electron chi connectivity index (χ2n) is 4.19. The van der Waals surface area contributed by atoms with Crippen LogP contribution in [0.4, 0.5) is 0 Å². The van der Waals surface area contributed by atoms with Crippen LogP contribution in [0.5, 0.6) is 5.75 Å². The van der Waals surface area contributed by atoms with Crippen LogP contribution in [0.2, 0.25) is 5.02 Å². The molecule has 0 bridgehead atoms. The summed E-state index contributed by atoms with van der Waals surface area (Å²) in [7, 11) is 0. The van der Waals surface area contributed by atoms with E-state index in [0.29, 0.717) is 5.02 Å². The molecule has 0 spiro atoms. The summed E-state index contributed by atoms with van der Waals surface area (Å²) in [5.74, 6) is -0.871. The molecule has 0 atom stereocenters. The maximum absolute atomic E-state index is 11.0. The van der Waals surface area contributed by atoms with E-state index >= 15 is 0 Å². The van der Waals surface area contributed by atoms with Gasteiger partial charge in [-0.2, -0.15) is 0 Å². The second-order valence-corrected chi connectivity index (χ2v) is 4.63. The lowest BCUT2D eigenvalue weighted by Crippen LogP contribution is -1.99. The number of carboxylic acids is 1. The van der Waals surface area contributed by atoms with Crippen molar-refractivity contribution in [3.05, 3.63) is 64.2 Å². The molecule has 0 fully saturated rings. The summed E-state index contributed by atoms with van der Waals surface area (Å²) in [5.41, 5.74) is 1.85. The fourth-order valence-corrected chi connectivity index (χ4v) is 2.00. The Kier molecular flexibility index (Phi) is 4.38. The van der Waals surface area contributed by atoms with E-state index in [-0.39, 0.29) is 11.3 Å². The van der Waals surface area contributed by atoms with Crippen molar-refractivity contribution in [3.8, 4) is 5.75 Å². The predicted molar refractivity (Wildman–Crippen MR) is 77.8 cm³/mol. The molecule has 102 valence electrons. The Morgan fingerprint density at radius 3 is 2.75 bits per heavy atom. The van der Waals surface area contributed by atoms with Crippen LogP contribution in [0.25, 0.3) is 0 Å². The largest absolute Gasteiger partial charge is 0.478 e. The number of benzene rings is 2. The Bertz CT molecular complexity index is 648. The zero-order chi connectivity index (χ0) is 14.5. The van der Waals surface area contributed by atoms with Gasteiger partial charge in [0.05, 0.1) is 6.21 Å². The number of nitrogens with zero attached hydrogens (tertiary/aromatic N) is 1. The molecule has 20 heavy (non-hydrogen) atoms. The van der Waals surface area contributed by atoms with E-state index in [1.54, 1.807) is 24.3 Å². The van der Waals surface area contributed by atoms with Gasteiger partial charge in [-0.05, 0) is 42.3 Å². The van der Waals surface area contributed by atoms with Crippen LogP contribution < -0.4 is 4.84 Å². The summed E-state index contributed by atoms with van der Waals surface area (Å²) in [4.78, 5) is 16.1. The van der Waals surface area contributed by atoms with E-state index < -0.39 is 5.97 Å². The van der Waals surface area contributed by atoms with E-state index in [0.717, 1.165) is 11.1 Å². The number of hydrogen-bond donors (Lipinski definition) is 1. The molecule has 0 aromatic heterocycles. The second kappa shape index (κ2) is 6.21. The van der Waals surface area contributed by atoms with Gasteiger partial charge < -0.3 is 9.94 Å². The smallest absolute Gasteiger partial charge is 0.339 e. The first-order valence-electron chi connectivity index (χ1n) is 5.86. The molecular weight excluding hydrogens is 278 g/mol. The highest BCUT2D eigenvalue weighted by atomic mass is 35.5. The van der Waals surface area contributed by atoms with Crippen molar-refractivity contribution >= 4 is 23.8 Å². The molecule has 0 amide bonds. The molecule has 2 aromatic rings. The molecule has 0 aliphatic heterocycles. The Balaban J connectivity index is 2.16. The lowest BCUT2D eigenvalue weighted by atomic mass is 10.1. The van der Waals surface area contributed by atoms with Crippen LogP contribution in [-0.2, 0) is 0 Å². The Hall–Kier alpha value is -2.33. The maximum Gasteiger partial charge on any atom is 0.339 e. The van der Waals surface area contributed by atoms with Gasteiger partial charge in [0.1, 0.15) is 5.56 Å². The van der Waals surface area contributed by atoms with Crippen LogP contribution in [0.1, 0.15) is 21.5 Å². The number of aromatic carboxylic acids is 1. The van der Waals surface area contributed by atoms with E-state index in [9.17, 15) is 4.79 Å². The van der Waals surface area contributed by atoms with Gasteiger partial charge in [-0.1, -0.05) is 35.0 Å². The van der Waals surface area contributed by atoms with Crippen molar-refractivity contribution in [2.75, 3.05) is 0 Å². The molecule has 5 heteroatoms. The monoisotopic (exact) mass is 289 g/mol. The van der Waals surface area contributed by atoms with E-state index in [4.69, 9.17) is 21.5 Å². The third-order valence-corrected chi connectivity index (χ3v) is 2.75. The summed E-state index contributed by atoms with van der Waals surface area (Å²) in [6, 6.07) is 11.8. The van der Waals surface area contributed by atoms with Gasteiger partial charge in [0.25, 0.3) is 0 Å². The first kappa shape index (κ1) is 14.1. The first-order valence-corrected chi connectivity index (χ1v) is 6.24. The summed E-state index contributed by atoms with van der Waals surface area (Å²) < 4.78 is 0. The molecular formula is C15H12ClNO3. The number of halogens is 1. The highest BCUT2D eigenvalue weighted by Crippen LogP contribution is 2.18. The predicted octanol–water partition coefficient (Wildman–Crippen LogP) is 3.76. The molecule has 2 aromatic carbocycles. The molecule has 0 heterocycles. The molecule has 1 N–H and O–H groups in total. The minimum atomic E-state index is -1.06. The lowest BCUT2D eigenvalue weighted by Gasteiger charge is -2.02. The number of hydrogen-bond acceptors (Lipinski definition) is 3. The average molecular weight is 290 g/mol.